The van der Waals surface area contributed by atoms with Crippen molar-refractivity contribution in [3.63, 3.8) is 0 Å². The van der Waals surface area contributed by atoms with Crippen molar-refractivity contribution in [2.75, 3.05) is 0 Å². The highest BCUT2D eigenvalue weighted by molar-refractivity contribution is 9.11. The zero-order valence-corrected chi connectivity index (χ0v) is 11.8. The van der Waals surface area contributed by atoms with Crippen molar-refractivity contribution < 1.29 is 0 Å². The molecule has 1 unspecified atom stereocenters. The van der Waals surface area contributed by atoms with Gasteiger partial charge in [-0.1, -0.05) is 28.1 Å². The molecule has 1 aromatic carbocycles. The Hall–Kier alpha value is -0.160. The topological polar surface area (TPSA) is 26.0 Å². The summed E-state index contributed by atoms with van der Waals surface area (Å²) in [6, 6.07) is 10.1. The van der Waals surface area contributed by atoms with Gasteiger partial charge in [0, 0.05) is 4.47 Å². The van der Waals surface area contributed by atoms with Gasteiger partial charge in [0.15, 0.2) is 0 Å². The Labute approximate surface area is 110 Å². The van der Waals surface area contributed by atoms with Crippen LogP contribution in [0, 0.1) is 0 Å². The molecule has 0 aliphatic heterocycles. The number of hydrogen-bond acceptors (Lipinski definition) is 2. The van der Waals surface area contributed by atoms with Crippen molar-refractivity contribution >= 4 is 43.2 Å². The van der Waals surface area contributed by atoms with Gasteiger partial charge in [0.2, 0.25) is 0 Å². The smallest absolute Gasteiger partial charge is 0.0701 e. The van der Waals surface area contributed by atoms with Gasteiger partial charge < -0.3 is 5.73 Å². The second kappa shape index (κ2) is 4.78. The fraction of sp³-hybridized carbons (Fsp3) is 0.0909. The molecule has 1 heterocycles. The monoisotopic (exact) mass is 345 g/mol. The third kappa shape index (κ3) is 2.69. The maximum Gasteiger partial charge on any atom is 0.0701 e. The molecule has 0 amide bonds. The second-order valence-electron chi connectivity index (χ2n) is 3.21. The lowest BCUT2D eigenvalue weighted by Crippen LogP contribution is -2.10. The molecule has 1 nitrogen and oxygen atoms in total. The van der Waals surface area contributed by atoms with E-state index < -0.39 is 0 Å². The first-order valence-electron chi connectivity index (χ1n) is 4.42. The fourth-order valence-corrected chi connectivity index (χ4v) is 2.83. The lowest BCUT2D eigenvalue weighted by Gasteiger charge is -2.09. The van der Waals surface area contributed by atoms with Gasteiger partial charge in [-0.3, -0.25) is 0 Å². The van der Waals surface area contributed by atoms with Crippen LogP contribution in [-0.4, -0.2) is 0 Å². The Morgan fingerprint density at radius 3 is 2.27 bits per heavy atom. The minimum absolute atomic E-state index is 0.0411. The summed E-state index contributed by atoms with van der Waals surface area (Å²) >= 11 is 8.51. The third-order valence-corrected chi connectivity index (χ3v) is 4.23. The van der Waals surface area contributed by atoms with Crippen LogP contribution in [0.15, 0.2) is 44.0 Å². The van der Waals surface area contributed by atoms with Gasteiger partial charge in [-0.2, -0.15) is 0 Å². The van der Waals surface area contributed by atoms with Crippen LogP contribution in [-0.2, 0) is 0 Å². The van der Waals surface area contributed by atoms with E-state index in [0.717, 1.165) is 19.4 Å². The molecular formula is C11H9Br2NS. The van der Waals surface area contributed by atoms with Crippen molar-refractivity contribution in [2.24, 2.45) is 5.73 Å². The van der Waals surface area contributed by atoms with Gasteiger partial charge >= 0.3 is 0 Å². The van der Waals surface area contributed by atoms with E-state index in [1.54, 1.807) is 11.3 Å². The predicted octanol–water partition coefficient (Wildman–Crippen LogP) is 4.32. The van der Waals surface area contributed by atoms with Gasteiger partial charge in [0.05, 0.1) is 9.83 Å². The maximum absolute atomic E-state index is 6.15. The number of hydrogen-bond donors (Lipinski definition) is 1. The highest BCUT2D eigenvalue weighted by Crippen LogP contribution is 2.28. The number of nitrogens with two attached hydrogens (primary N) is 1. The summed E-state index contributed by atoms with van der Waals surface area (Å²) in [7, 11) is 0. The van der Waals surface area contributed by atoms with Crippen molar-refractivity contribution in [3.8, 4) is 0 Å². The lowest BCUT2D eigenvalue weighted by molar-refractivity contribution is 0.876. The number of halogens is 2. The van der Waals surface area contributed by atoms with Gasteiger partial charge in [-0.05, 0) is 50.6 Å². The minimum Gasteiger partial charge on any atom is -0.320 e. The number of rotatable bonds is 2. The molecule has 4 heteroatoms. The van der Waals surface area contributed by atoms with E-state index in [1.807, 2.05) is 24.3 Å². The zero-order valence-electron chi connectivity index (χ0n) is 7.78. The van der Waals surface area contributed by atoms with E-state index in [0.29, 0.717) is 0 Å². The molecule has 15 heavy (non-hydrogen) atoms. The second-order valence-corrected chi connectivity index (χ2v) is 6.42. The first-order chi connectivity index (χ1) is 7.16. The molecule has 2 N–H and O–H groups in total. The van der Waals surface area contributed by atoms with Crippen LogP contribution in [0.2, 0.25) is 0 Å². The molecule has 0 saturated carbocycles. The van der Waals surface area contributed by atoms with Crippen LogP contribution >= 0.6 is 43.2 Å². The van der Waals surface area contributed by atoms with E-state index in [2.05, 4.69) is 43.3 Å². The standard InChI is InChI=1S/C11H9Br2NS/c12-9-3-1-7(2-4-9)11(14)8-5-10(13)15-6-8/h1-6,11H,14H2. The van der Waals surface area contributed by atoms with Gasteiger partial charge in [-0.25, -0.2) is 0 Å². The Kier molecular flexibility index (Phi) is 3.61. The molecule has 2 rings (SSSR count). The van der Waals surface area contributed by atoms with E-state index in [4.69, 9.17) is 5.73 Å². The van der Waals surface area contributed by atoms with E-state index in [9.17, 15) is 0 Å². The van der Waals surface area contributed by atoms with Crippen molar-refractivity contribution in [3.05, 3.63) is 55.1 Å². The molecule has 0 spiro atoms. The van der Waals surface area contributed by atoms with Gasteiger partial charge in [0.1, 0.15) is 0 Å². The van der Waals surface area contributed by atoms with Crippen LogP contribution in [0.3, 0.4) is 0 Å². The Bertz CT molecular complexity index is 450. The van der Waals surface area contributed by atoms with E-state index >= 15 is 0 Å². The predicted molar refractivity (Wildman–Crippen MR) is 72.2 cm³/mol. The molecule has 0 fully saturated rings. The number of benzene rings is 1. The Balaban J connectivity index is 2.28. The average Bonchev–Trinajstić information content (AvgIpc) is 2.65. The molecule has 0 radical (unpaired) electrons. The first kappa shape index (κ1) is 11.3. The van der Waals surface area contributed by atoms with Crippen LogP contribution in [0.1, 0.15) is 17.2 Å². The maximum atomic E-state index is 6.15. The normalized spacial score (nSPS) is 12.7. The summed E-state index contributed by atoms with van der Waals surface area (Å²) in [6.45, 7) is 0. The molecule has 0 saturated heterocycles. The zero-order chi connectivity index (χ0) is 10.8. The largest absolute Gasteiger partial charge is 0.320 e. The summed E-state index contributed by atoms with van der Waals surface area (Å²) in [6.07, 6.45) is 0. The van der Waals surface area contributed by atoms with E-state index in [-0.39, 0.29) is 6.04 Å². The van der Waals surface area contributed by atoms with E-state index in [1.165, 1.54) is 0 Å². The Morgan fingerprint density at radius 2 is 1.73 bits per heavy atom. The molecule has 0 aliphatic carbocycles. The summed E-state index contributed by atoms with van der Waals surface area (Å²) in [5.41, 5.74) is 8.43. The molecule has 1 aromatic heterocycles. The minimum atomic E-state index is -0.0411. The molecule has 1 atom stereocenters. The van der Waals surface area contributed by atoms with Gasteiger partial charge in [0.25, 0.3) is 0 Å². The van der Waals surface area contributed by atoms with Crippen LogP contribution < -0.4 is 5.73 Å². The first-order valence-corrected chi connectivity index (χ1v) is 6.88. The summed E-state index contributed by atoms with van der Waals surface area (Å²) in [5, 5.41) is 2.08. The molecule has 0 aliphatic rings. The third-order valence-electron chi connectivity index (χ3n) is 2.18. The molecule has 78 valence electrons. The van der Waals surface area contributed by atoms with Crippen LogP contribution in [0.5, 0.6) is 0 Å². The van der Waals surface area contributed by atoms with Crippen LogP contribution in [0.25, 0.3) is 0 Å². The SMILES string of the molecule is NC(c1ccc(Br)cc1)c1csc(Br)c1. The highest BCUT2D eigenvalue weighted by atomic mass is 79.9. The lowest BCUT2D eigenvalue weighted by atomic mass is 10.0. The number of thiophene rings is 1. The van der Waals surface area contributed by atoms with Crippen molar-refractivity contribution in [2.45, 2.75) is 6.04 Å². The van der Waals surface area contributed by atoms with Gasteiger partial charge in [-0.15, -0.1) is 11.3 Å². The quantitative estimate of drug-likeness (QED) is 0.860. The fourth-order valence-electron chi connectivity index (χ4n) is 1.35. The van der Waals surface area contributed by atoms with Crippen LogP contribution in [0.4, 0.5) is 0 Å². The highest BCUT2D eigenvalue weighted by Gasteiger charge is 2.10. The summed E-state index contributed by atoms with van der Waals surface area (Å²) in [4.78, 5) is 0. The Morgan fingerprint density at radius 1 is 1.07 bits per heavy atom. The molecule has 0 bridgehead atoms. The molecular weight excluding hydrogens is 338 g/mol. The summed E-state index contributed by atoms with van der Waals surface area (Å²) < 4.78 is 2.19. The summed E-state index contributed by atoms with van der Waals surface area (Å²) in [5.74, 6) is 0. The average molecular weight is 347 g/mol. The molecule has 2 aromatic rings. The van der Waals surface area contributed by atoms with Crippen molar-refractivity contribution in [1.29, 1.82) is 0 Å². The van der Waals surface area contributed by atoms with Crippen molar-refractivity contribution in [1.82, 2.24) is 0 Å².